The zero-order valence-electron chi connectivity index (χ0n) is 17.3. The standard InChI is InChI=1S/C22H28FN3O3S/c1-25(2)15-18-7-4-3-6-17(18)14-24-22(27)19-8-5-13-26(16-19)30(28,29)21-11-9-20(23)10-12-21/h3-4,6-7,9-12,19H,5,8,13-16H2,1-2H3,(H,24,27). The third kappa shape index (κ3) is 5.44. The lowest BCUT2D eigenvalue weighted by molar-refractivity contribution is -0.126. The van der Waals surface area contributed by atoms with Crippen LogP contribution in [-0.4, -0.2) is 50.7 Å². The number of halogens is 1. The predicted molar refractivity (Wildman–Crippen MR) is 114 cm³/mol. The molecule has 30 heavy (non-hydrogen) atoms. The Hall–Kier alpha value is -2.29. The molecule has 162 valence electrons. The second-order valence-electron chi connectivity index (χ2n) is 7.88. The van der Waals surface area contributed by atoms with E-state index in [2.05, 4.69) is 10.2 Å². The zero-order chi connectivity index (χ0) is 21.7. The van der Waals surface area contributed by atoms with Crippen molar-refractivity contribution in [2.24, 2.45) is 5.92 Å². The van der Waals surface area contributed by atoms with Gasteiger partial charge >= 0.3 is 0 Å². The quantitative estimate of drug-likeness (QED) is 0.729. The van der Waals surface area contributed by atoms with Crippen molar-refractivity contribution >= 4 is 15.9 Å². The fourth-order valence-corrected chi connectivity index (χ4v) is 5.21. The number of nitrogens with zero attached hydrogens (tertiary/aromatic N) is 2. The highest BCUT2D eigenvalue weighted by atomic mass is 32.2. The molecule has 1 fully saturated rings. The first-order chi connectivity index (χ1) is 14.3. The summed E-state index contributed by atoms with van der Waals surface area (Å²) in [5.41, 5.74) is 2.19. The Labute approximate surface area is 177 Å². The van der Waals surface area contributed by atoms with Gasteiger partial charge in [-0.2, -0.15) is 4.31 Å². The molecule has 3 rings (SSSR count). The van der Waals surface area contributed by atoms with Crippen LogP contribution in [0.25, 0.3) is 0 Å². The minimum absolute atomic E-state index is 0.0440. The lowest BCUT2D eigenvalue weighted by atomic mass is 9.98. The van der Waals surface area contributed by atoms with E-state index in [1.807, 2.05) is 38.4 Å². The largest absolute Gasteiger partial charge is 0.352 e. The van der Waals surface area contributed by atoms with Crippen molar-refractivity contribution in [1.29, 1.82) is 0 Å². The Kier molecular flexibility index (Phi) is 7.23. The van der Waals surface area contributed by atoms with Gasteiger partial charge in [0.2, 0.25) is 15.9 Å². The first-order valence-corrected chi connectivity index (χ1v) is 11.5. The number of piperidine rings is 1. The SMILES string of the molecule is CN(C)Cc1ccccc1CNC(=O)C1CCCN(S(=O)(=O)c2ccc(F)cc2)C1. The van der Waals surface area contributed by atoms with Crippen LogP contribution in [0.2, 0.25) is 0 Å². The molecule has 0 spiro atoms. The Bertz CT molecular complexity index is 977. The predicted octanol–water partition coefficient (Wildman–Crippen LogP) is 2.60. The van der Waals surface area contributed by atoms with Gasteiger partial charge in [0.15, 0.2) is 0 Å². The number of carbonyl (C=O) groups excluding carboxylic acids is 1. The lowest BCUT2D eigenvalue weighted by Crippen LogP contribution is -2.45. The highest BCUT2D eigenvalue weighted by molar-refractivity contribution is 7.89. The van der Waals surface area contributed by atoms with E-state index in [4.69, 9.17) is 0 Å². The van der Waals surface area contributed by atoms with Gasteiger partial charge in [0.1, 0.15) is 5.82 Å². The number of rotatable bonds is 7. The molecule has 1 N–H and O–H groups in total. The molecule has 0 aromatic heterocycles. The number of sulfonamides is 1. The summed E-state index contributed by atoms with van der Waals surface area (Å²) in [6.45, 7) is 1.67. The third-order valence-electron chi connectivity index (χ3n) is 5.26. The molecule has 2 aromatic carbocycles. The van der Waals surface area contributed by atoms with E-state index in [1.54, 1.807) is 0 Å². The highest BCUT2D eigenvalue weighted by Gasteiger charge is 2.33. The first-order valence-electron chi connectivity index (χ1n) is 10.0. The summed E-state index contributed by atoms with van der Waals surface area (Å²) < 4.78 is 40.2. The van der Waals surface area contributed by atoms with E-state index in [0.29, 0.717) is 25.9 Å². The number of amides is 1. The molecule has 8 heteroatoms. The average molecular weight is 434 g/mol. The van der Waals surface area contributed by atoms with Gasteiger partial charge in [-0.25, -0.2) is 12.8 Å². The molecule has 1 amide bonds. The maximum Gasteiger partial charge on any atom is 0.243 e. The molecule has 1 heterocycles. The molecule has 1 aliphatic rings. The summed E-state index contributed by atoms with van der Waals surface area (Å²) in [7, 11) is 0.236. The molecule has 0 saturated carbocycles. The van der Waals surface area contributed by atoms with Crippen molar-refractivity contribution in [3.05, 3.63) is 65.5 Å². The zero-order valence-corrected chi connectivity index (χ0v) is 18.2. The summed E-state index contributed by atoms with van der Waals surface area (Å²) in [5, 5.41) is 2.97. The van der Waals surface area contributed by atoms with Gasteiger partial charge in [0.05, 0.1) is 10.8 Å². The van der Waals surface area contributed by atoms with Gasteiger partial charge in [-0.3, -0.25) is 4.79 Å². The van der Waals surface area contributed by atoms with Crippen molar-refractivity contribution in [2.75, 3.05) is 27.2 Å². The number of benzene rings is 2. The van der Waals surface area contributed by atoms with Crippen molar-refractivity contribution in [2.45, 2.75) is 30.8 Å². The van der Waals surface area contributed by atoms with E-state index in [9.17, 15) is 17.6 Å². The molecule has 2 aromatic rings. The summed E-state index contributed by atoms with van der Waals surface area (Å²) in [4.78, 5) is 14.9. The van der Waals surface area contributed by atoms with Crippen molar-refractivity contribution in [3.63, 3.8) is 0 Å². The Morgan fingerprint density at radius 2 is 1.80 bits per heavy atom. The Morgan fingerprint density at radius 3 is 2.47 bits per heavy atom. The van der Waals surface area contributed by atoms with E-state index in [1.165, 1.54) is 16.4 Å². The fourth-order valence-electron chi connectivity index (χ4n) is 3.68. The smallest absolute Gasteiger partial charge is 0.243 e. The van der Waals surface area contributed by atoms with Crippen LogP contribution in [0, 0.1) is 11.7 Å². The van der Waals surface area contributed by atoms with Crippen LogP contribution in [0.15, 0.2) is 53.4 Å². The van der Waals surface area contributed by atoms with Crippen LogP contribution in [0.5, 0.6) is 0 Å². The molecule has 1 atom stereocenters. The van der Waals surface area contributed by atoms with Crippen LogP contribution >= 0.6 is 0 Å². The molecule has 1 aliphatic heterocycles. The van der Waals surface area contributed by atoms with Crippen LogP contribution in [0.3, 0.4) is 0 Å². The minimum Gasteiger partial charge on any atom is -0.352 e. The normalized spacial score (nSPS) is 17.8. The summed E-state index contributed by atoms with van der Waals surface area (Å²) in [5.74, 6) is -1.04. The molecular formula is C22H28FN3O3S. The van der Waals surface area contributed by atoms with E-state index < -0.39 is 21.8 Å². The van der Waals surface area contributed by atoms with Crippen LogP contribution in [-0.2, 0) is 27.9 Å². The van der Waals surface area contributed by atoms with Crippen molar-refractivity contribution in [1.82, 2.24) is 14.5 Å². The second-order valence-corrected chi connectivity index (χ2v) is 9.82. The number of carbonyl (C=O) groups is 1. The number of hydrogen-bond acceptors (Lipinski definition) is 4. The van der Waals surface area contributed by atoms with Crippen LogP contribution in [0.1, 0.15) is 24.0 Å². The monoisotopic (exact) mass is 433 g/mol. The van der Waals surface area contributed by atoms with Crippen molar-refractivity contribution in [3.8, 4) is 0 Å². The van der Waals surface area contributed by atoms with Crippen LogP contribution < -0.4 is 5.32 Å². The number of nitrogens with one attached hydrogen (secondary N) is 1. The summed E-state index contributed by atoms with van der Waals surface area (Å²) in [6.07, 6.45) is 1.25. The lowest BCUT2D eigenvalue weighted by Gasteiger charge is -2.31. The van der Waals surface area contributed by atoms with Crippen molar-refractivity contribution < 1.29 is 17.6 Å². The summed E-state index contributed by atoms with van der Waals surface area (Å²) >= 11 is 0. The summed E-state index contributed by atoms with van der Waals surface area (Å²) in [6, 6.07) is 12.7. The Morgan fingerprint density at radius 1 is 1.13 bits per heavy atom. The molecule has 0 radical (unpaired) electrons. The van der Waals surface area contributed by atoms with Crippen LogP contribution in [0.4, 0.5) is 4.39 Å². The molecule has 0 aliphatic carbocycles. The van der Waals surface area contributed by atoms with E-state index in [0.717, 1.165) is 29.8 Å². The van der Waals surface area contributed by atoms with Gasteiger partial charge in [0, 0.05) is 26.2 Å². The van der Waals surface area contributed by atoms with Gasteiger partial charge in [0.25, 0.3) is 0 Å². The molecule has 6 nitrogen and oxygen atoms in total. The topological polar surface area (TPSA) is 69.7 Å². The Balaban J connectivity index is 1.64. The highest BCUT2D eigenvalue weighted by Crippen LogP contribution is 2.24. The van der Waals surface area contributed by atoms with Gasteiger partial charge in [-0.05, 0) is 62.3 Å². The van der Waals surface area contributed by atoms with E-state index in [-0.39, 0.29) is 17.3 Å². The van der Waals surface area contributed by atoms with Gasteiger partial charge < -0.3 is 10.2 Å². The molecule has 1 saturated heterocycles. The minimum atomic E-state index is -3.75. The molecular weight excluding hydrogens is 405 g/mol. The van der Waals surface area contributed by atoms with E-state index >= 15 is 0 Å². The maximum absolute atomic E-state index is 13.1. The first kappa shape index (κ1) is 22.4. The second kappa shape index (κ2) is 9.68. The fraction of sp³-hybridized carbons (Fsp3) is 0.409. The third-order valence-corrected chi connectivity index (χ3v) is 7.14. The average Bonchev–Trinajstić information content (AvgIpc) is 2.73. The molecule has 0 bridgehead atoms. The van der Waals surface area contributed by atoms with Gasteiger partial charge in [-0.1, -0.05) is 24.3 Å². The molecule has 1 unspecified atom stereocenters. The number of hydrogen-bond donors (Lipinski definition) is 1. The van der Waals surface area contributed by atoms with Gasteiger partial charge in [-0.15, -0.1) is 0 Å². The maximum atomic E-state index is 13.1.